The van der Waals surface area contributed by atoms with E-state index in [1.807, 2.05) is 11.9 Å². The Morgan fingerprint density at radius 3 is 2.48 bits per heavy atom. The van der Waals surface area contributed by atoms with Crippen molar-refractivity contribution in [2.24, 2.45) is 0 Å². The van der Waals surface area contributed by atoms with E-state index in [1.165, 1.54) is 25.7 Å². The quantitative estimate of drug-likeness (QED) is 0.861. The summed E-state index contributed by atoms with van der Waals surface area (Å²) in [5.74, 6) is 0.728. The molecule has 1 N–H and O–H groups in total. The predicted molar refractivity (Wildman–Crippen MR) is 103 cm³/mol. The molecule has 140 valence electrons. The van der Waals surface area contributed by atoms with E-state index in [-0.39, 0.29) is 30.7 Å². The number of piperidine rings is 1. The van der Waals surface area contributed by atoms with Gasteiger partial charge in [-0.15, -0.1) is 24.8 Å². The van der Waals surface area contributed by atoms with Gasteiger partial charge in [0.25, 0.3) is 5.91 Å². The lowest BCUT2D eigenvalue weighted by atomic mass is 9.98. The van der Waals surface area contributed by atoms with Gasteiger partial charge >= 0.3 is 0 Å². The average Bonchev–Trinajstić information content (AvgIpc) is 3.23. The van der Waals surface area contributed by atoms with Crippen LogP contribution in [0.25, 0.3) is 0 Å². The molecule has 6 nitrogen and oxygen atoms in total. The number of nitrogens with zero attached hydrogens (tertiary/aromatic N) is 4. The Morgan fingerprint density at radius 2 is 1.84 bits per heavy atom. The monoisotopic (exact) mass is 387 g/mol. The fraction of sp³-hybridized carbons (Fsp3) is 0.706. The third-order valence-corrected chi connectivity index (χ3v) is 5.57. The highest BCUT2D eigenvalue weighted by Crippen LogP contribution is 2.29. The molecule has 25 heavy (non-hydrogen) atoms. The molecule has 4 heterocycles. The molecule has 0 spiro atoms. The van der Waals surface area contributed by atoms with Gasteiger partial charge in [0.1, 0.15) is 5.69 Å². The SMILES string of the molecule is CN(C(=O)c1ccnc(N2CCCC2)n1)C1CC2CCC(C1)N2.Cl.Cl. The lowest BCUT2D eigenvalue weighted by Crippen LogP contribution is -2.48. The van der Waals surface area contributed by atoms with Crippen LogP contribution in [0.5, 0.6) is 0 Å². The van der Waals surface area contributed by atoms with Gasteiger partial charge in [-0.3, -0.25) is 4.79 Å². The van der Waals surface area contributed by atoms with E-state index in [1.54, 1.807) is 12.3 Å². The number of carbonyl (C=O) groups excluding carboxylic acids is 1. The van der Waals surface area contributed by atoms with Crippen LogP contribution in [-0.4, -0.2) is 59.0 Å². The van der Waals surface area contributed by atoms with E-state index >= 15 is 0 Å². The highest BCUT2D eigenvalue weighted by Gasteiger charge is 2.36. The van der Waals surface area contributed by atoms with Gasteiger partial charge in [-0.1, -0.05) is 0 Å². The fourth-order valence-electron chi connectivity index (χ4n) is 4.23. The molecule has 3 saturated heterocycles. The summed E-state index contributed by atoms with van der Waals surface area (Å²) < 4.78 is 0. The van der Waals surface area contributed by atoms with Crippen molar-refractivity contribution in [1.29, 1.82) is 0 Å². The topological polar surface area (TPSA) is 61.4 Å². The highest BCUT2D eigenvalue weighted by molar-refractivity contribution is 5.92. The predicted octanol–water partition coefficient (Wildman–Crippen LogP) is 2.28. The molecule has 1 amide bonds. The van der Waals surface area contributed by atoms with Crippen molar-refractivity contribution in [2.45, 2.75) is 56.7 Å². The van der Waals surface area contributed by atoms with Crippen LogP contribution < -0.4 is 10.2 Å². The van der Waals surface area contributed by atoms with Gasteiger partial charge in [-0.2, -0.15) is 0 Å². The summed E-state index contributed by atoms with van der Waals surface area (Å²) in [5, 5.41) is 3.63. The number of nitrogens with one attached hydrogen (secondary N) is 1. The third kappa shape index (κ3) is 4.18. The average molecular weight is 388 g/mol. The summed E-state index contributed by atoms with van der Waals surface area (Å²) in [7, 11) is 1.93. The van der Waals surface area contributed by atoms with Crippen molar-refractivity contribution in [3.05, 3.63) is 18.0 Å². The first kappa shape index (κ1) is 20.2. The van der Waals surface area contributed by atoms with Crippen LogP contribution in [0.3, 0.4) is 0 Å². The number of fused-ring (bicyclic) bond motifs is 2. The summed E-state index contributed by atoms with van der Waals surface area (Å²) in [6, 6.07) is 3.24. The molecule has 2 atom stereocenters. The molecule has 3 aliphatic rings. The van der Waals surface area contributed by atoms with Crippen LogP contribution in [0, 0.1) is 0 Å². The standard InChI is InChI=1S/C17H25N5O.2ClH/c1-21(14-10-12-4-5-13(11-14)19-12)16(23)15-6-7-18-17(20-15)22-8-2-3-9-22;;/h6-7,12-14,19H,2-5,8-11H2,1H3;2*1H. The number of aromatic nitrogens is 2. The van der Waals surface area contributed by atoms with Crippen LogP contribution in [0.2, 0.25) is 0 Å². The molecule has 0 aromatic carbocycles. The van der Waals surface area contributed by atoms with E-state index < -0.39 is 0 Å². The molecule has 0 aliphatic carbocycles. The van der Waals surface area contributed by atoms with Gasteiger partial charge in [-0.05, 0) is 44.6 Å². The van der Waals surface area contributed by atoms with Crippen LogP contribution in [0.4, 0.5) is 5.95 Å². The molecule has 3 aliphatic heterocycles. The van der Waals surface area contributed by atoms with Gasteiger partial charge < -0.3 is 15.1 Å². The molecule has 1 aromatic heterocycles. The molecule has 8 heteroatoms. The maximum absolute atomic E-state index is 12.8. The summed E-state index contributed by atoms with van der Waals surface area (Å²) in [6.45, 7) is 1.98. The van der Waals surface area contributed by atoms with Crippen molar-refractivity contribution in [1.82, 2.24) is 20.2 Å². The Morgan fingerprint density at radius 1 is 1.20 bits per heavy atom. The first-order valence-corrected chi connectivity index (χ1v) is 8.82. The maximum Gasteiger partial charge on any atom is 0.272 e. The smallest absolute Gasteiger partial charge is 0.272 e. The Kier molecular flexibility index (Phi) is 6.88. The molecular formula is C17H27Cl2N5O. The lowest BCUT2D eigenvalue weighted by Gasteiger charge is -2.35. The number of amides is 1. The molecule has 0 saturated carbocycles. The van der Waals surface area contributed by atoms with Crippen molar-refractivity contribution >= 4 is 36.7 Å². The molecular weight excluding hydrogens is 361 g/mol. The summed E-state index contributed by atoms with van der Waals surface area (Å²) in [6.07, 6.45) is 8.68. The number of hydrogen-bond donors (Lipinski definition) is 1. The van der Waals surface area contributed by atoms with E-state index in [0.29, 0.717) is 29.8 Å². The molecule has 3 fully saturated rings. The van der Waals surface area contributed by atoms with E-state index in [2.05, 4.69) is 20.2 Å². The minimum atomic E-state index is 0. The van der Waals surface area contributed by atoms with Crippen molar-refractivity contribution < 1.29 is 4.79 Å². The summed E-state index contributed by atoms with van der Waals surface area (Å²) in [5.41, 5.74) is 0.523. The number of rotatable bonds is 3. The summed E-state index contributed by atoms with van der Waals surface area (Å²) >= 11 is 0. The van der Waals surface area contributed by atoms with E-state index in [9.17, 15) is 4.79 Å². The number of carbonyl (C=O) groups is 1. The zero-order chi connectivity index (χ0) is 15.8. The Bertz CT molecular complexity index is 584. The largest absolute Gasteiger partial charge is 0.341 e. The second kappa shape index (κ2) is 8.52. The number of anilines is 1. The van der Waals surface area contributed by atoms with Gasteiger partial charge in [0.15, 0.2) is 0 Å². The first-order valence-electron chi connectivity index (χ1n) is 8.82. The normalized spacial score (nSPS) is 27.4. The first-order chi connectivity index (χ1) is 11.2. The Balaban J connectivity index is 0.00000113. The van der Waals surface area contributed by atoms with E-state index in [4.69, 9.17) is 0 Å². The molecule has 1 aromatic rings. The van der Waals surface area contributed by atoms with Crippen molar-refractivity contribution in [2.75, 3.05) is 25.0 Å². The Hall–Kier alpha value is -1.11. The third-order valence-electron chi connectivity index (χ3n) is 5.57. The molecule has 2 unspecified atom stereocenters. The zero-order valence-electron chi connectivity index (χ0n) is 14.6. The van der Waals surface area contributed by atoms with Crippen molar-refractivity contribution in [3.63, 3.8) is 0 Å². The van der Waals surface area contributed by atoms with Gasteiger partial charge in [0.2, 0.25) is 5.95 Å². The minimum Gasteiger partial charge on any atom is -0.341 e. The maximum atomic E-state index is 12.8. The minimum absolute atomic E-state index is 0. The second-order valence-corrected chi connectivity index (χ2v) is 7.12. The molecule has 2 bridgehead atoms. The van der Waals surface area contributed by atoms with E-state index in [0.717, 1.165) is 25.9 Å². The van der Waals surface area contributed by atoms with Crippen molar-refractivity contribution in [3.8, 4) is 0 Å². The number of hydrogen-bond acceptors (Lipinski definition) is 5. The molecule has 0 radical (unpaired) electrons. The number of halogens is 2. The van der Waals surface area contributed by atoms with Gasteiger partial charge in [-0.25, -0.2) is 9.97 Å². The summed E-state index contributed by atoms with van der Waals surface area (Å²) in [4.78, 5) is 25.8. The van der Waals surface area contributed by atoms with Crippen LogP contribution >= 0.6 is 24.8 Å². The van der Waals surface area contributed by atoms with Crippen LogP contribution in [0.1, 0.15) is 49.0 Å². The van der Waals surface area contributed by atoms with Crippen LogP contribution in [-0.2, 0) is 0 Å². The lowest BCUT2D eigenvalue weighted by molar-refractivity contribution is 0.0675. The van der Waals surface area contributed by atoms with Gasteiger partial charge in [0, 0.05) is 44.5 Å². The van der Waals surface area contributed by atoms with Crippen LogP contribution in [0.15, 0.2) is 12.3 Å². The fourth-order valence-corrected chi connectivity index (χ4v) is 4.23. The van der Waals surface area contributed by atoms with Gasteiger partial charge in [0.05, 0.1) is 0 Å². The highest BCUT2D eigenvalue weighted by atomic mass is 35.5. The Labute approximate surface area is 161 Å². The second-order valence-electron chi connectivity index (χ2n) is 7.12. The zero-order valence-corrected chi connectivity index (χ0v) is 16.2. The molecule has 4 rings (SSSR count).